The van der Waals surface area contributed by atoms with Gasteiger partial charge in [0.15, 0.2) is 0 Å². The van der Waals surface area contributed by atoms with Gasteiger partial charge in [-0.1, -0.05) is 29.8 Å². The summed E-state index contributed by atoms with van der Waals surface area (Å²) in [5.41, 5.74) is 6.36. The van der Waals surface area contributed by atoms with Gasteiger partial charge in [-0.05, 0) is 24.3 Å². The third-order valence-electron chi connectivity index (χ3n) is 2.78. The Morgan fingerprint density at radius 3 is 2.53 bits per heavy atom. The highest BCUT2D eigenvalue weighted by molar-refractivity contribution is 6.35. The molecule has 3 nitrogen and oxygen atoms in total. The van der Waals surface area contributed by atoms with Crippen molar-refractivity contribution in [3.05, 3.63) is 58.9 Å². The van der Waals surface area contributed by atoms with Crippen LogP contribution in [0.3, 0.4) is 0 Å². The number of hydrogen-bond acceptors (Lipinski definition) is 2. The SMILES string of the molecule is CN(C(=O)c1c(N)cccc1Cl)c1ccccc1F. The van der Waals surface area contributed by atoms with Crippen molar-refractivity contribution in [2.45, 2.75) is 0 Å². The molecule has 0 spiro atoms. The smallest absolute Gasteiger partial charge is 0.261 e. The van der Waals surface area contributed by atoms with E-state index in [-0.39, 0.29) is 22.0 Å². The van der Waals surface area contributed by atoms with Crippen LogP contribution < -0.4 is 10.6 Å². The van der Waals surface area contributed by atoms with Crippen LogP contribution in [0.25, 0.3) is 0 Å². The zero-order valence-electron chi connectivity index (χ0n) is 10.2. The van der Waals surface area contributed by atoms with Crippen molar-refractivity contribution in [1.82, 2.24) is 0 Å². The maximum Gasteiger partial charge on any atom is 0.261 e. The molecule has 0 radical (unpaired) electrons. The second-order valence-corrected chi connectivity index (χ2v) is 4.43. The van der Waals surface area contributed by atoms with Crippen molar-refractivity contribution in [2.75, 3.05) is 17.7 Å². The summed E-state index contributed by atoms with van der Waals surface area (Å²) in [6.45, 7) is 0. The lowest BCUT2D eigenvalue weighted by Gasteiger charge is -2.19. The van der Waals surface area contributed by atoms with Gasteiger partial charge in [0, 0.05) is 12.7 Å². The Morgan fingerprint density at radius 2 is 1.89 bits per heavy atom. The molecule has 0 unspecified atom stereocenters. The van der Waals surface area contributed by atoms with Gasteiger partial charge in [0.05, 0.1) is 16.3 Å². The number of amides is 1. The molecule has 5 heteroatoms. The third kappa shape index (κ3) is 2.53. The number of nitrogens with zero attached hydrogens (tertiary/aromatic N) is 1. The minimum atomic E-state index is -0.482. The highest BCUT2D eigenvalue weighted by Crippen LogP contribution is 2.26. The van der Waals surface area contributed by atoms with Crippen molar-refractivity contribution in [3.63, 3.8) is 0 Å². The van der Waals surface area contributed by atoms with E-state index in [1.54, 1.807) is 30.3 Å². The van der Waals surface area contributed by atoms with Crippen LogP contribution in [0.2, 0.25) is 5.02 Å². The first-order chi connectivity index (χ1) is 9.02. The van der Waals surface area contributed by atoms with Crippen LogP contribution in [-0.4, -0.2) is 13.0 Å². The van der Waals surface area contributed by atoms with E-state index in [1.807, 2.05) is 0 Å². The van der Waals surface area contributed by atoms with Gasteiger partial charge >= 0.3 is 0 Å². The first-order valence-electron chi connectivity index (χ1n) is 5.59. The summed E-state index contributed by atoms with van der Waals surface area (Å²) in [6, 6.07) is 10.8. The number of carbonyl (C=O) groups is 1. The van der Waals surface area contributed by atoms with Crippen LogP contribution in [0.15, 0.2) is 42.5 Å². The molecule has 1 amide bonds. The molecule has 2 aromatic carbocycles. The van der Waals surface area contributed by atoms with E-state index >= 15 is 0 Å². The van der Waals surface area contributed by atoms with Crippen molar-refractivity contribution < 1.29 is 9.18 Å². The summed E-state index contributed by atoms with van der Waals surface area (Å²) in [4.78, 5) is 13.5. The predicted molar refractivity (Wildman–Crippen MR) is 75.0 cm³/mol. The molecule has 0 heterocycles. The molecule has 2 aromatic rings. The van der Waals surface area contributed by atoms with E-state index in [4.69, 9.17) is 17.3 Å². The molecule has 0 saturated heterocycles. The third-order valence-corrected chi connectivity index (χ3v) is 3.09. The molecule has 2 N–H and O–H groups in total. The van der Waals surface area contributed by atoms with E-state index in [2.05, 4.69) is 0 Å². The fraction of sp³-hybridized carbons (Fsp3) is 0.0714. The number of carbonyl (C=O) groups excluding carboxylic acids is 1. The van der Waals surface area contributed by atoms with Gasteiger partial charge < -0.3 is 10.6 Å². The second-order valence-electron chi connectivity index (χ2n) is 4.02. The molecule has 0 aliphatic heterocycles. The molecule has 0 atom stereocenters. The Hall–Kier alpha value is -2.07. The summed E-state index contributed by atoms with van der Waals surface area (Å²) in [7, 11) is 1.48. The van der Waals surface area contributed by atoms with Gasteiger partial charge in [-0.3, -0.25) is 4.79 Å². The molecule has 0 aliphatic rings. The van der Waals surface area contributed by atoms with E-state index in [0.717, 1.165) is 0 Å². The second kappa shape index (κ2) is 5.28. The standard InChI is InChI=1S/C14H12ClFN2O/c1-18(12-8-3-2-6-10(12)16)14(19)13-9(15)5-4-7-11(13)17/h2-8H,17H2,1H3. The number of hydrogen-bond donors (Lipinski definition) is 1. The average molecular weight is 279 g/mol. The number of rotatable bonds is 2. The van der Waals surface area contributed by atoms with Gasteiger partial charge in [0.25, 0.3) is 5.91 Å². The molecule has 2 rings (SSSR count). The number of halogens is 2. The molecule has 19 heavy (non-hydrogen) atoms. The fourth-order valence-electron chi connectivity index (χ4n) is 1.77. The van der Waals surface area contributed by atoms with Gasteiger partial charge in [-0.25, -0.2) is 4.39 Å². The number of benzene rings is 2. The monoisotopic (exact) mass is 278 g/mol. The molecule has 0 saturated carbocycles. The van der Waals surface area contributed by atoms with Crippen LogP contribution in [0, 0.1) is 5.82 Å². The Labute approximate surface area is 115 Å². The molecule has 0 bridgehead atoms. The fourth-order valence-corrected chi connectivity index (χ4v) is 2.03. The molecule has 0 fully saturated rings. The van der Waals surface area contributed by atoms with Crippen LogP contribution in [0.1, 0.15) is 10.4 Å². The van der Waals surface area contributed by atoms with Crippen molar-refractivity contribution in [3.8, 4) is 0 Å². The molecule has 0 aliphatic carbocycles. The van der Waals surface area contributed by atoms with Crippen LogP contribution in [0.4, 0.5) is 15.8 Å². The van der Waals surface area contributed by atoms with Gasteiger partial charge in [0.1, 0.15) is 5.82 Å². The minimum Gasteiger partial charge on any atom is -0.398 e. The lowest BCUT2D eigenvalue weighted by Crippen LogP contribution is -2.28. The first-order valence-corrected chi connectivity index (χ1v) is 5.96. The van der Waals surface area contributed by atoms with Gasteiger partial charge in [-0.2, -0.15) is 0 Å². The highest BCUT2D eigenvalue weighted by atomic mass is 35.5. The van der Waals surface area contributed by atoms with Crippen LogP contribution >= 0.6 is 11.6 Å². The Kier molecular flexibility index (Phi) is 3.71. The molecule has 98 valence electrons. The first kappa shape index (κ1) is 13.4. The largest absolute Gasteiger partial charge is 0.398 e. The van der Waals surface area contributed by atoms with E-state index in [9.17, 15) is 9.18 Å². The van der Waals surface area contributed by atoms with Crippen molar-refractivity contribution >= 4 is 28.9 Å². The Balaban J connectivity index is 2.43. The lowest BCUT2D eigenvalue weighted by molar-refractivity contribution is 0.0993. The summed E-state index contributed by atoms with van der Waals surface area (Å²) in [5.74, 6) is -0.933. The molecular formula is C14H12ClFN2O. The lowest BCUT2D eigenvalue weighted by atomic mass is 10.1. The minimum absolute atomic E-state index is 0.173. The number of para-hydroxylation sites is 1. The molecular weight excluding hydrogens is 267 g/mol. The zero-order valence-corrected chi connectivity index (χ0v) is 11.0. The summed E-state index contributed by atoms with van der Waals surface area (Å²) < 4.78 is 13.7. The Bertz CT molecular complexity index is 610. The highest BCUT2D eigenvalue weighted by Gasteiger charge is 2.20. The van der Waals surface area contributed by atoms with Gasteiger partial charge in [-0.15, -0.1) is 0 Å². The number of anilines is 2. The predicted octanol–water partition coefficient (Wildman–Crippen LogP) is 3.34. The molecule has 0 aromatic heterocycles. The summed E-state index contributed by atoms with van der Waals surface area (Å²) in [6.07, 6.45) is 0. The topological polar surface area (TPSA) is 46.3 Å². The number of nitrogen functional groups attached to an aromatic ring is 1. The van der Waals surface area contributed by atoms with E-state index in [0.29, 0.717) is 0 Å². The normalized spacial score (nSPS) is 10.3. The summed E-state index contributed by atoms with van der Waals surface area (Å²) >= 11 is 5.97. The van der Waals surface area contributed by atoms with E-state index < -0.39 is 11.7 Å². The maximum atomic E-state index is 13.7. The zero-order chi connectivity index (χ0) is 14.0. The quantitative estimate of drug-likeness (QED) is 0.857. The summed E-state index contributed by atoms with van der Waals surface area (Å²) in [5, 5.41) is 0.244. The van der Waals surface area contributed by atoms with Crippen molar-refractivity contribution in [2.24, 2.45) is 0 Å². The van der Waals surface area contributed by atoms with E-state index in [1.165, 1.54) is 24.1 Å². The van der Waals surface area contributed by atoms with Crippen molar-refractivity contribution in [1.29, 1.82) is 0 Å². The van der Waals surface area contributed by atoms with Gasteiger partial charge in [0.2, 0.25) is 0 Å². The van der Waals surface area contributed by atoms with Crippen LogP contribution in [0.5, 0.6) is 0 Å². The average Bonchev–Trinajstić information content (AvgIpc) is 2.38. The number of nitrogens with two attached hydrogens (primary N) is 1. The van der Waals surface area contributed by atoms with Crippen LogP contribution in [-0.2, 0) is 0 Å². The maximum absolute atomic E-state index is 13.7. The Morgan fingerprint density at radius 1 is 1.21 bits per heavy atom.